The SMILES string of the molecule is CCCCOC(=O)C(C(C)C)N1CCCN(CCCCC(=O)NCCOc2cccc([C@@H](CCc3ccc(OC)c(OC)c3)OC(=O)[C@@H]3CCCCN3C(=O)C(=O)C(C)(C)CC)c2)C1=O. The summed E-state index contributed by atoms with van der Waals surface area (Å²) in [5, 5.41) is 2.91. The van der Waals surface area contributed by atoms with Crippen LogP contribution in [-0.2, 0) is 39.9 Å². The number of esters is 2. The quantitative estimate of drug-likeness (QED) is 0.0565. The molecule has 0 aliphatic carbocycles. The molecule has 4 rings (SSSR count). The fraction of sp³-hybridized carbons (Fsp3) is 0.640. The van der Waals surface area contributed by atoms with Gasteiger partial charge in [-0.25, -0.2) is 14.4 Å². The van der Waals surface area contributed by atoms with Gasteiger partial charge in [0.2, 0.25) is 11.7 Å². The highest BCUT2D eigenvalue weighted by molar-refractivity contribution is 6.38. The first kappa shape index (κ1) is 52.3. The number of rotatable bonds is 26. The molecule has 360 valence electrons. The predicted molar refractivity (Wildman–Crippen MR) is 247 cm³/mol. The maximum Gasteiger partial charge on any atom is 0.329 e. The molecule has 0 radical (unpaired) electrons. The number of ketones is 1. The lowest BCUT2D eigenvalue weighted by Gasteiger charge is -2.40. The Morgan fingerprint density at radius 1 is 0.877 bits per heavy atom. The smallest absolute Gasteiger partial charge is 0.329 e. The third-order valence-corrected chi connectivity index (χ3v) is 12.4. The number of hydrogen-bond donors (Lipinski definition) is 1. The molecule has 4 amide bonds. The highest BCUT2D eigenvalue weighted by Crippen LogP contribution is 2.33. The van der Waals surface area contributed by atoms with E-state index in [9.17, 15) is 28.8 Å². The van der Waals surface area contributed by atoms with Crippen molar-refractivity contribution in [1.82, 2.24) is 20.0 Å². The molecule has 65 heavy (non-hydrogen) atoms. The second kappa shape index (κ2) is 26.0. The van der Waals surface area contributed by atoms with Crippen molar-refractivity contribution in [1.29, 1.82) is 0 Å². The van der Waals surface area contributed by atoms with Gasteiger partial charge in [0.25, 0.3) is 5.91 Å². The maximum atomic E-state index is 14.0. The topological polar surface area (TPSA) is 170 Å². The van der Waals surface area contributed by atoms with E-state index in [1.807, 2.05) is 64.1 Å². The molecule has 2 aliphatic rings. The van der Waals surface area contributed by atoms with Crippen LogP contribution in [0.5, 0.6) is 17.2 Å². The van der Waals surface area contributed by atoms with Gasteiger partial charge in [0, 0.05) is 38.0 Å². The van der Waals surface area contributed by atoms with Crippen molar-refractivity contribution in [2.45, 2.75) is 137 Å². The van der Waals surface area contributed by atoms with E-state index in [2.05, 4.69) is 5.32 Å². The Kier molecular flexibility index (Phi) is 20.9. The lowest BCUT2D eigenvalue weighted by molar-refractivity contribution is -0.164. The van der Waals surface area contributed by atoms with Crippen molar-refractivity contribution in [2.24, 2.45) is 11.3 Å². The molecule has 0 saturated carbocycles. The Hall–Kier alpha value is -5.34. The molecule has 0 aromatic heterocycles. The molecule has 2 heterocycles. The van der Waals surface area contributed by atoms with Crippen LogP contribution in [0.3, 0.4) is 0 Å². The number of aryl methyl sites for hydroxylation is 1. The Labute approximate surface area is 386 Å². The molecule has 3 atom stereocenters. The number of carbonyl (C=O) groups excluding carboxylic acids is 6. The monoisotopic (exact) mass is 907 g/mol. The number of methoxy groups -OCH3 is 2. The normalized spacial score (nSPS) is 16.4. The van der Waals surface area contributed by atoms with Crippen molar-refractivity contribution in [3.63, 3.8) is 0 Å². The number of amides is 4. The number of piperidine rings is 1. The second-order valence-electron chi connectivity index (χ2n) is 18.0. The summed E-state index contributed by atoms with van der Waals surface area (Å²) < 4.78 is 28.7. The third kappa shape index (κ3) is 15.1. The van der Waals surface area contributed by atoms with Crippen LogP contribution >= 0.6 is 0 Å². The second-order valence-corrected chi connectivity index (χ2v) is 18.0. The van der Waals surface area contributed by atoms with Crippen LogP contribution in [0.4, 0.5) is 4.79 Å². The number of hydrogen-bond acceptors (Lipinski definition) is 11. The molecule has 2 fully saturated rings. The third-order valence-electron chi connectivity index (χ3n) is 12.4. The summed E-state index contributed by atoms with van der Waals surface area (Å²) in [4.78, 5) is 84.7. The molecule has 2 aromatic rings. The van der Waals surface area contributed by atoms with Crippen LogP contribution < -0.4 is 19.5 Å². The number of ether oxygens (including phenoxy) is 5. The highest BCUT2D eigenvalue weighted by atomic mass is 16.5. The molecule has 2 aliphatic heterocycles. The van der Waals surface area contributed by atoms with E-state index in [0.29, 0.717) is 107 Å². The lowest BCUT2D eigenvalue weighted by Crippen LogP contribution is -2.57. The first-order valence-corrected chi connectivity index (χ1v) is 23.6. The van der Waals surface area contributed by atoms with Gasteiger partial charge in [0.05, 0.1) is 27.4 Å². The minimum absolute atomic E-state index is 0.0812. The van der Waals surface area contributed by atoms with Gasteiger partial charge in [-0.3, -0.25) is 14.4 Å². The number of benzene rings is 2. The number of nitrogens with zero attached hydrogens (tertiary/aromatic N) is 3. The minimum Gasteiger partial charge on any atom is -0.493 e. The Bertz CT molecular complexity index is 1900. The molecule has 1 unspecified atom stereocenters. The summed E-state index contributed by atoms with van der Waals surface area (Å²) in [5.41, 5.74) is 0.788. The van der Waals surface area contributed by atoms with Crippen LogP contribution in [-0.4, -0.2) is 123 Å². The Morgan fingerprint density at radius 3 is 2.35 bits per heavy atom. The van der Waals surface area contributed by atoms with E-state index >= 15 is 0 Å². The summed E-state index contributed by atoms with van der Waals surface area (Å²) in [6.07, 6.45) is 6.51. The molecule has 1 N–H and O–H groups in total. The van der Waals surface area contributed by atoms with Gasteiger partial charge in [0.1, 0.15) is 30.5 Å². The number of Topliss-reactive ketones (excluding diaryl/α,β-unsaturated/α-hetero) is 1. The van der Waals surface area contributed by atoms with Gasteiger partial charge in [-0.15, -0.1) is 0 Å². The highest BCUT2D eigenvalue weighted by Gasteiger charge is 2.41. The summed E-state index contributed by atoms with van der Waals surface area (Å²) in [6, 6.07) is 11.3. The van der Waals surface area contributed by atoms with Gasteiger partial charge in [-0.1, -0.05) is 66.2 Å². The van der Waals surface area contributed by atoms with Gasteiger partial charge < -0.3 is 43.7 Å². The number of carbonyl (C=O) groups is 6. The van der Waals surface area contributed by atoms with E-state index in [1.165, 1.54) is 4.90 Å². The van der Waals surface area contributed by atoms with Crippen molar-refractivity contribution in [3.8, 4) is 17.2 Å². The fourth-order valence-corrected chi connectivity index (χ4v) is 8.12. The maximum absolute atomic E-state index is 14.0. The molecule has 2 saturated heterocycles. The van der Waals surface area contributed by atoms with Crippen LogP contribution in [0.15, 0.2) is 42.5 Å². The zero-order chi connectivity index (χ0) is 47.5. The van der Waals surface area contributed by atoms with Crippen molar-refractivity contribution >= 4 is 35.6 Å². The average molecular weight is 907 g/mol. The standard InChI is InChI=1S/C50H74N4O11/c1-9-11-31-64-48(59)44(35(3)4)54-30-17-28-52(49(54)60)27-14-13-21-43(55)51-26-32-63-38-19-16-18-37(34-38)40(24-22-36-23-25-41(61-7)42(33-36)62-8)65-47(58)39-20-12-15-29-53(39)46(57)45(56)50(5,6)10-2/h16,18-19,23,25,33-35,39-40,44H,9-15,17,20-22,24,26-32H2,1-8H3,(H,51,55)/t39-,40+,44?/m0/s1. The van der Waals surface area contributed by atoms with E-state index < -0.39 is 41.3 Å². The van der Waals surface area contributed by atoms with Crippen molar-refractivity contribution in [3.05, 3.63) is 53.6 Å². The lowest BCUT2D eigenvalue weighted by atomic mass is 9.84. The summed E-state index contributed by atoms with van der Waals surface area (Å²) in [7, 11) is 3.14. The summed E-state index contributed by atoms with van der Waals surface area (Å²) in [5.74, 6) is -0.574. The molecule has 0 bridgehead atoms. The largest absolute Gasteiger partial charge is 0.493 e. The van der Waals surface area contributed by atoms with Crippen LogP contribution in [0, 0.1) is 11.3 Å². The summed E-state index contributed by atoms with van der Waals surface area (Å²) in [6.45, 7) is 14.0. The van der Waals surface area contributed by atoms with Gasteiger partial charge >= 0.3 is 18.0 Å². The van der Waals surface area contributed by atoms with Crippen molar-refractivity contribution in [2.75, 3.05) is 60.2 Å². The van der Waals surface area contributed by atoms with E-state index in [1.54, 1.807) is 43.9 Å². The Morgan fingerprint density at radius 2 is 1.65 bits per heavy atom. The number of unbranched alkanes of at least 4 members (excludes halogenated alkanes) is 2. The van der Waals surface area contributed by atoms with E-state index in [4.69, 9.17) is 23.7 Å². The van der Waals surface area contributed by atoms with Crippen LogP contribution in [0.25, 0.3) is 0 Å². The van der Waals surface area contributed by atoms with Crippen LogP contribution in [0.2, 0.25) is 0 Å². The number of urea groups is 1. The first-order chi connectivity index (χ1) is 31.1. The average Bonchev–Trinajstić information content (AvgIpc) is 3.30. The van der Waals surface area contributed by atoms with Crippen LogP contribution in [0.1, 0.15) is 129 Å². The van der Waals surface area contributed by atoms with Gasteiger partial charge in [-0.05, 0) is 106 Å². The first-order valence-electron chi connectivity index (χ1n) is 23.6. The molecular weight excluding hydrogens is 833 g/mol. The number of nitrogens with one attached hydrogen (secondary N) is 1. The fourth-order valence-electron chi connectivity index (χ4n) is 8.12. The zero-order valence-corrected chi connectivity index (χ0v) is 40.1. The molecule has 2 aromatic carbocycles. The molecule has 15 nitrogen and oxygen atoms in total. The minimum atomic E-state index is -0.882. The van der Waals surface area contributed by atoms with E-state index in [-0.39, 0.29) is 37.0 Å². The van der Waals surface area contributed by atoms with Crippen molar-refractivity contribution < 1.29 is 52.5 Å². The number of likely N-dealkylation sites (tertiary alicyclic amines) is 1. The summed E-state index contributed by atoms with van der Waals surface area (Å²) >= 11 is 0. The molecule has 0 spiro atoms. The van der Waals surface area contributed by atoms with E-state index in [0.717, 1.165) is 31.2 Å². The van der Waals surface area contributed by atoms with Gasteiger partial charge in [-0.2, -0.15) is 0 Å². The Balaban J connectivity index is 1.33. The molecule has 15 heteroatoms. The zero-order valence-electron chi connectivity index (χ0n) is 40.1. The predicted octanol–water partition coefficient (Wildman–Crippen LogP) is 7.47. The van der Waals surface area contributed by atoms with Gasteiger partial charge in [0.15, 0.2) is 11.5 Å². The molecular formula is C50H74N4O11.